The van der Waals surface area contributed by atoms with Crippen molar-refractivity contribution in [3.05, 3.63) is 0 Å². The van der Waals surface area contributed by atoms with Gasteiger partial charge in [-0.3, -0.25) is 24.0 Å². The number of ether oxygens (including phenoxy) is 2. The molecule has 54 heavy (non-hydrogen) atoms. The molecule has 2 heterocycles. The second-order valence-electron chi connectivity index (χ2n) is 16.6. The van der Waals surface area contributed by atoms with Crippen molar-refractivity contribution in [3.8, 4) is 0 Å². The molecular weight excluding hydrogens is 690 g/mol. The van der Waals surface area contributed by atoms with Gasteiger partial charge in [-0.2, -0.15) is 0 Å². The van der Waals surface area contributed by atoms with Crippen LogP contribution in [0.1, 0.15) is 151 Å². The molecule has 5 amide bonds. The number of cyclic esters (lactones) is 1. The Bertz CT molecular complexity index is 1170. The second kappa shape index (κ2) is 25.8. The molecule has 0 radical (unpaired) electrons. The summed E-state index contributed by atoms with van der Waals surface area (Å²) in [6.45, 7) is 15.6. The molecule has 0 aromatic heterocycles. The molecular formula is C41H73N5O8. The minimum Gasteiger partial charge on any atom is -0.460 e. The van der Waals surface area contributed by atoms with Crippen LogP contribution in [0.4, 0.5) is 0 Å². The minimum atomic E-state index is -1.15. The topological polar surface area (TPSA) is 172 Å². The van der Waals surface area contributed by atoms with Crippen molar-refractivity contribution in [1.29, 1.82) is 0 Å². The SMILES string of the molecule is CCCCCCCCCCC[C@@H]1CC(=O)N[C@@H](CC(C)C)C(=O)N[C@@H](CCC(=O)N2CCOCC2)C(=O)N[C@H](CC(C)C)C(=O)N[C@@H](CC(C)C)C(=O)O1. The van der Waals surface area contributed by atoms with Crippen molar-refractivity contribution in [3.63, 3.8) is 0 Å². The van der Waals surface area contributed by atoms with Gasteiger partial charge in [-0.15, -0.1) is 0 Å². The average molecular weight is 764 g/mol. The average Bonchev–Trinajstić information content (AvgIpc) is 3.10. The summed E-state index contributed by atoms with van der Waals surface area (Å²) in [6.07, 6.45) is 10.5. The zero-order chi connectivity index (χ0) is 40.0. The second-order valence-corrected chi connectivity index (χ2v) is 16.6. The number of amides is 5. The molecule has 0 saturated carbocycles. The van der Waals surface area contributed by atoms with E-state index in [4.69, 9.17) is 9.47 Å². The fourth-order valence-electron chi connectivity index (χ4n) is 7.01. The Morgan fingerprint density at radius 2 is 1.09 bits per heavy atom. The predicted molar refractivity (Wildman–Crippen MR) is 209 cm³/mol. The van der Waals surface area contributed by atoms with Gasteiger partial charge in [0.05, 0.1) is 19.6 Å². The fraction of sp³-hybridized carbons (Fsp3) is 0.854. The minimum absolute atomic E-state index is 0.00411. The van der Waals surface area contributed by atoms with Crippen LogP contribution >= 0.6 is 0 Å². The highest BCUT2D eigenvalue weighted by Crippen LogP contribution is 2.18. The van der Waals surface area contributed by atoms with Crippen molar-refractivity contribution in [2.45, 2.75) is 181 Å². The van der Waals surface area contributed by atoms with E-state index in [0.29, 0.717) is 45.6 Å². The van der Waals surface area contributed by atoms with E-state index in [9.17, 15) is 28.8 Å². The Kier molecular flexibility index (Phi) is 22.4. The van der Waals surface area contributed by atoms with E-state index in [2.05, 4.69) is 28.2 Å². The molecule has 0 spiro atoms. The summed E-state index contributed by atoms with van der Waals surface area (Å²) in [6, 6.07) is -4.12. The molecule has 2 saturated heterocycles. The lowest BCUT2D eigenvalue weighted by atomic mass is 9.99. The summed E-state index contributed by atoms with van der Waals surface area (Å²) in [5, 5.41) is 11.4. The smallest absolute Gasteiger partial charge is 0.328 e. The molecule has 0 unspecified atom stereocenters. The van der Waals surface area contributed by atoms with Gasteiger partial charge in [0.1, 0.15) is 30.3 Å². The van der Waals surface area contributed by atoms with Crippen LogP contribution in [0.25, 0.3) is 0 Å². The molecule has 2 rings (SSSR count). The molecule has 310 valence electrons. The van der Waals surface area contributed by atoms with Gasteiger partial charge >= 0.3 is 5.97 Å². The Morgan fingerprint density at radius 1 is 0.630 bits per heavy atom. The van der Waals surface area contributed by atoms with Gasteiger partial charge in [-0.1, -0.05) is 99.8 Å². The predicted octanol–water partition coefficient (Wildman–Crippen LogP) is 4.94. The van der Waals surface area contributed by atoms with Crippen LogP contribution in [0, 0.1) is 17.8 Å². The highest BCUT2D eigenvalue weighted by molar-refractivity contribution is 5.95. The highest BCUT2D eigenvalue weighted by Gasteiger charge is 2.35. The quantitative estimate of drug-likeness (QED) is 0.106. The van der Waals surface area contributed by atoms with Crippen molar-refractivity contribution in [2.75, 3.05) is 26.3 Å². The lowest BCUT2D eigenvalue weighted by Gasteiger charge is -2.30. The largest absolute Gasteiger partial charge is 0.460 e. The Hall–Kier alpha value is -3.22. The lowest BCUT2D eigenvalue weighted by molar-refractivity contribution is -0.155. The van der Waals surface area contributed by atoms with Gasteiger partial charge < -0.3 is 35.6 Å². The van der Waals surface area contributed by atoms with Gasteiger partial charge in [0, 0.05) is 19.5 Å². The summed E-state index contributed by atoms with van der Waals surface area (Å²) in [5.41, 5.74) is 0. The number of rotatable bonds is 19. The van der Waals surface area contributed by atoms with Gasteiger partial charge in [0.15, 0.2) is 0 Å². The molecule has 4 N–H and O–H groups in total. The first-order valence-electron chi connectivity index (χ1n) is 21.0. The standard InChI is InChI=1S/C41H73N5O8/c1-8-9-10-11-12-13-14-15-16-17-31-27-36(47)42-33(24-28(2)3)39(50)43-32(18-19-37(48)46-20-22-53-23-21-46)38(49)44-34(25-29(4)5)40(51)45-35(26-30(6)7)41(52)54-31/h28-35H,8-27H2,1-7H3,(H,42,47)(H,43,50)(H,44,49)(H,45,51)/t31-,32+,33+,34-,35+/m1/s1. The van der Waals surface area contributed by atoms with Gasteiger partial charge in [0.2, 0.25) is 29.5 Å². The first-order valence-corrected chi connectivity index (χ1v) is 21.0. The van der Waals surface area contributed by atoms with Crippen LogP contribution in [-0.2, 0) is 38.2 Å². The van der Waals surface area contributed by atoms with Gasteiger partial charge in [-0.05, 0) is 56.3 Å². The van der Waals surface area contributed by atoms with Gasteiger partial charge in [0.25, 0.3) is 0 Å². The molecule has 2 aliphatic heterocycles. The zero-order valence-electron chi connectivity index (χ0n) is 34.5. The van der Waals surface area contributed by atoms with E-state index in [1.807, 2.05) is 41.5 Å². The number of nitrogens with zero attached hydrogens (tertiary/aromatic N) is 1. The monoisotopic (exact) mass is 764 g/mol. The molecule has 0 aliphatic carbocycles. The number of hydrogen-bond acceptors (Lipinski definition) is 8. The van der Waals surface area contributed by atoms with Crippen LogP contribution < -0.4 is 21.3 Å². The molecule has 13 nitrogen and oxygen atoms in total. The number of nitrogens with one attached hydrogen (secondary N) is 4. The van der Waals surface area contributed by atoms with E-state index < -0.39 is 59.9 Å². The van der Waals surface area contributed by atoms with E-state index in [0.717, 1.165) is 25.7 Å². The third kappa shape index (κ3) is 18.9. The maximum Gasteiger partial charge on any atom is 0.328 e. The van der Waals surface area contributed by atoms with Gasteiger partial charge in [-0.25, -0.2) is 4.79 Å². The maximum absolute atomic E-state index is 13.9. The highest BCUT2D eigenvalue weighted by atomic mass is 16.5. The molecule has 2 aliphatic rings. The summed E-state index contributed by atoms with van der Waals surface area (Å²) in [4.78, 5) is 83.8. The molecule has 5 atom stereocenters. The molecule has 2 fully saturated rings. The third-order valence-corrected chi connectivity index (χ3v) is 9.98. The van der Waals surface area contributed by atoms with E-state index in [-0.39, 0.29) is 49.3 Å². The maximum atomic E-state index is 13.9. The van der Waals surface area contributed by atoms with Crippen molar-refractivity contribution < 1.29 is 38.2 Å². The Balaban J connectivity index is 2.38. The number of esters is 1. The van der Waals surface area contributed by atoms with E-state index in [1.165, 1.54) is 32.1 Å². The van der Waals surface area contributed by atoms with Crippen LogP contribution in [0.15, 0.2) is 0 Å². The number of unbranched alkanes of at least 4 members (excludes halogenated alkanes) is 8. The zero-order valence-corrected chi connectivity index (χ0v) is 34.5. The Morgan fingerprint density at radius 3 is 1.65 bits per heavy atom. The number of carbonyl (C=O) groups excluding carboxylic acids is 6. The summed E-state index contributed by atoms with van der Waals surface area (Å²) < 4.78 is 11.4. The summed E-state index contributed by atoms with van der Waals surface area (Å²) >= 11 is 0. The van der Waals surface area contributed by atoms with Crippen molar-refractivity contribution >= 4 is 35.5 Å². The van der Waals surface area contributed by atoms with Crippen molar-refractivity contribution in [1.82, 2.24) is 26.2 Å². The molecule has 0 bridgehead atoms. The first-order chi connectivity index (χ1) is 25.7. The summed E-state index contributed by atoms with van der Waals surface area (Å²) in [5.74, 6) is -2.88. The first kappa shape index (κ1) is 46.9. The van der Waals surface area contributed by atoms with Crippen LogP contribution in [0.3, 0.4) is 0 Å². The normalized spacial score (nSPS) is 23.9. The molecule has 0 aromatic carbocycles. The number of morpholine rings is 1. The van der Waals surface area contributed by atoms with Crippen LogP contribution in [0.5, 0.6) is 0 Å². The molecule has 0 aromatic rings. The Labute approximate surface area is 324 Å². The van der Waals surface area contributed by atoms with E-state index >= 15 is 0 Å². The van der Waals surface area contributed by atoms with E-state index in [1.54, 1.807) is 4.90 Å². The fourth-order valence-corrected chi connectivity index (χ4v) is 7.01. The number of carbonyl (C=O) groups is 6. The van der Waals surface area contributed by atoms with Crippen LogP contribution in [0.2, 0.25) is 0 Å². The third-order valence-electron chi connectivity index (χ3n) is 9.98. The summed E-state index contributed by atoms with van der Waals surface area (Å²) in [7, 11) is 0. The number of hydrogen-bond donors (Lipinski definition) is 4. The van der Waals surface area contributed by atoms with Crippen molar-refractivity contribution in [2.24, 2.45) is 17.8 Å². The van der Waals surface area contributed by atoms with Crippen LogP contribution in [-0.4, -0.2) is 97.0 Å². The lowest BCUT2D eigenvalue weighted by Crippen LogP contribution is -2.58. The molecule has 13 heteroatoms.